The van der Waals surface area contributed by atoms with Gasteiger partial charge >= 0.3 is 0 Å². The van der Waals surface area contributed by atoms with Crippen LogP contribution in [-0.2, 0) is 9.59 Å². The Morgan fingerprint density at radius 2 is 2.27 bits per heavy atom. The van der Waals surface area contributed by atoms with Crippen LogP contribution in [0.15, 0.2) is 0 Å². The van der Waals surface area contributed by atoms with Crippen molar-refractivity contribution in [3.05, 3.63) is 0 Å². The zero-order valence-electron chi connectivity index (χ0n) is 6.71. The maximum absolute atomic E-state index is 11.2. The fourth-order valence-electron chi connectivity index (χ4n) is 1.63. The Hall–Kier alpha value is -0.660. The first-order valence-electron chi connectivity index (χ1n) is 4.31. The van der Waals surface area contributed by atoms with E-state index in [0.717, 1.165) is 38.4 Å². The molecule has 0 aromatic carbocycles. The molecule has 2 nitrogen and oxygen atoms in total. The molecule has 0 aromatic heterocycles. The fourth-order valence-corrected chi connectivity index (χ4v) is 1.63. The number of carbonyl (C=O) groups excluding carboxylic acids is 2. The number of carbonyl (C=O) groups is 2. The van der Waals surface area contributed by atoms with Crippen molar-refractivity contribution in [2.45, 2.75) is 38.5 Å². The van der Waals surface area contributed by atoms with Gasteiger partial charge in [0.15, 0.2) is 0 Å². The minimum Gasteiger partial charge on any atom is -0.303 e. The summed E-state index contributed by atoms with van der Waals surface area (Å²) in [4.78, 5) is 21.2. The van der Waals surface area contributed by atoms with Crippen molar-refractivity contribution in [2.24, 2.45) is 5.92 Å². The van der Waals surface area contributed by atoms with Crippen LogP contribution in [0.2, 0.25) is 0 Å². The van der Waals surface area contributed by atoms with Gasteiger partial charge in [-0.15, -0.1) is 0 Å². The molecule has 0 aliphatic heterocycles. The van der Waals surface area contributed by atoms with Crippen LogP contribution in [0.25, 0.3) is 0 Å². The van der Waals surface area contributed by atoms with E-state index in [0.29, 0.717) is 12.2 Å². The molecular weight excluding hydrogens is 140 g/mol. The van der Waals surface area contributed by atoms with Gasteiger partial charge in [0, 0.05) is 18.8 Å². The van der Waals surface area contributed by atoms with E-state index in [4.69, 9.17) is 0 Å². The van der Waals surface area contributed by atoms with Gasteiger partial charge in [0.2, 0.25) is 0 Å². The largest absolute Gasteiger partial charge is 0.303 e. The van der Waals surface area contributed by atoms with Gasteiger partial charge in [-0.05, 0) is 19.3 Å². The molecular formula is C9H14O2. The first-order chi connectivity index (χ1) is 5.34. The maximum atomic E-state index is 11.2. The standard InChI is InChI=1S/C9H14O2/c10-7-3-5-8-4-1-2-6-9(8)11/h7-8H,1-6H2/t8-/m0/s1. The van der Waals surface area contributed by atoms with Crippen molar-refractivity contribution < 1.29 is 9.59 Å². The molecule has 1 aliphatic rings. The monoisotopic (exact) mass is 154 g/mol. The number of ketones is 1. The van der Waals surface area contributed by atoms with Crippen LogP contribution in [0.5, 0.6) is 0 Å². The van der Waals surface area contributed by atoms with Crippen LogP contribution >= 0.6 is 0 Å². The summed E-state index contributed by atoms with van der Waals surface area (Å²) in [6, 6.07) is 0. The lowest BCUT2D eigenvalue weighted by Crippen LogP contribution is -2.18. The molecule has 11 heavy (non-hydrogen) atoms. The maximum Gasteiger partial charge on any atom is 0.135 e. The van der Waals surface area contributed by atoms with E-state index >= 15 is 0 Å². The quantitative estimate of drug-likeness (QED) is 0.580. The second-order valence-electron chi connectivity index (χ2n) is 3.15. The summed E-state index contributed by atoms with van der Waals surface area (Å²) in [7, 11) is 0. The van der Waals surface area contributed by atoms with Gasteiger partial charge in [-0.1, -0.05) is 6.42 Å². The number of hydrogen-bond donors (Lipinski definition) is 0. The van der Waals surface area contributed by atoms with E-state index in [1.165, 1.54) is 0 Å². The first-order valence-corrected chi connectivity index (χ1v) is 4.31. The summed E-state index contributed by atoms with van der Waals surface area (Å²) in [6.07, 6.45) is 6.20. The van der Waals surface area contributed by atoms with Crippen LogP contribution in [0.3, 0.4) is 0 Å². The molecule has 2 heteroatoms. The summed E-state index contributed by atoms with van der Waals surface area (Å²) < 4.78 is 0. The van der Waals surface area contributed by atoms with Crippen LogP contribution in [0, 0.1) is 5.92 Å². The molecule has 0 heterocycles. The predicted molar refractivity (Wildman–Crippen MR) is 42.3 cm³/mol. The van der Waals surface area contributed by atoms with Crippen LogP contribution in [-0.4, -0.2) is 12.1 Å². The van der Waals surface area contributed by atoms with Gasteiger partial charge in [0.25, 0.3) is 0 Å². The minimum absolute atomic E-state index is 0.203. The molecule has 0 amide bonds. The fraction of sp³-hybridized carbons (Fsp3) is 0.778. The normalized spacial score (nSPS) is 25.1. The third-order valence-corrected chi connectivity index (χ3v) is 2.31. The number of aldehydes is 1. The van der Waals surface area contributed by atoms with E-state index in [-0.39, 0.29) is 5.92 Å². The van der Waals surface area contributed by atoms with Crippen molar-refractivity contribution in [3.8, 4) is 0 Å². The third-order valence-electron chi connectivity index (χ3n) is 2.31. The van der Waals surface area contributed by atoms with Crippen LogP contribution in [0.1, 0.15) is 38.5 Å². The van der Waals surface area contributed by atoms with Crippen molar-refractivity contribution in [1.29, 1.82) is 0 Å². The summed E-state index contributed by atoms with van der Waals surface area (Å²) in [5.74, 6) is 0.576. The van der Waals surface area contributed by atoms with Crippen molar-refractivity contribution in [3.63, 3.8) is 0 Å². The van der Waals surface area contributed by atoms with E-state index in [2.05, 4.69) is 0 Å². The first kappa shape index (κ1) is 8.44. The lowest BCUT2D eigenvalue weighted by Gasteiger charge is -2.18. The molecule has 62 valence electrons. The van der Waals surface area contributed by atoms with Gasteiger partial charge < -0.3 is 4.79 Å². The molecule has 0 saturated heterocycles. The Morgan fingerprint density at radius 1 is 1.45 bits per heavy atom. The Balaban J connectivity index is 2.29. The molecule has 0 radical (unpaired) electrons. The van der Waals surface area contributed by atoms with Gasteiger partial charge in [-0.2, -0.15) is 0 Å². The lowest BCUT2D eigenvalue weighted by molar-refractivity contribution is -0.124. The highest BCUT2D eigenvalue weighted by molar-refractivity contribution is 5.81. The Kier molecular flexibility index (Phi) is 3.27. The molecule has 1 aliphatic carbocycles. The van der Waals surface area contributed by atoms with Gasteiger partial charge in [-0.3, -0.25) is 4.79 Å². The Bertz CT molecular complexity index is 152. The summed E-state index contributed by atoms with van der Waals surface area (Å²) in [5, 5.41) is 0. The SMILES string of the molecule is O=CCC[C@@H]1CCCCC1=O. The zero-order chi connectivity index (χ0) is 8.10. The number of hydrogen-bond acceptors (Lipinski definition) is 2. The Labute approximate surface area is 67.0 Å². The second kappa shape index (κ2) is 4.27. The summed E-state index contributed by atoms with van der Waals surface area (Å²) >= 11 is 0. The molecule has 0 bridgehead atoms. The Morgan fingerprint density at radius 3 is 2.91 bits per heavy atom. The molecule has 1 rings (SSSR count). The van der Waals surface area contributed by atoms with Gasteiger partial charge in [0.1, 0.15) is 12.1 Å². The molecule has 0 unspecified atom stereocenters. The highest BCUT2D eigenvalue weighted by Crippen LogP contribution is 2.23. The highest BCUT2D eigenvalue weighted by atomic mass is 16.1. The van der Waals surface area contributed by atoms with Gasteiger partial charge in [-0.25, -0.2) is 0 Å². The average molecular weight is 154 g/mol. The molecule has 1 saturated carbocycles. The zero-order valence-corrected chi connectivity index (χ0v) is 6.71. The van der Waals surface area contributed by atoms with E-state index in [1.54, 1.807) is 0 Å². The number of Topliss-reactive ketones (excluding diaryl/α,β-unsaturated/α-hetero) is 1. The molecule has 0 spiro atoms. The summed E-state index contributed by atoms with van der Waals surface area (Å²) in [6.45, 7) is 0. The smallest absolute Gasteiger partial charge is 0.135 e. The lowest BCUT2D eigenvalue weighted by atomic mass is 9.85. The van der Waals surface area contributed by atoms with E-state index in [1.807, 2.05) is 0 Å². The van der Waals surface area contributed by atoms with E-state index < -0.39 is 0 Å². The molecule has 0 aromatic rings. The predicted octanol–water partition coefficient (Wildman–Crippen LogP) is 1.72. The van der Waals surface area contributed by atoms with Crippen LogP contribution < -0.4 is 0 Å². The van der Waals surface area contributed by atoms with Crippen molar-refractivity contribution in [1.82, 2.24) is 0 Å². The van der Waals surface area contributed by atoms with Crippen LogP contribution in [0.4, 0.5) is 0 Å². The molecule has 0 N–H and O–H groups in total. The van der Waals surface area contributed by atoms with E-state index in [9.17, 15) is 9.59 Å². The van der Waals surface area contributed by atoms with Crippen molar-refractivity contribution in [2.75, 3.05) is 0 Å². The second-order valence-corrected chi connectivity index (χ2v) is 3.15. The summed E-state index contributed by atoms with van der Waals surface area (Å²) in [5.41, 5.74) is 0. The molecule has 1 atom stereocenters. The average Bonchev–Trinajstić information content (AvgIpc) is 2.03. The number of rotatable bonds is 3. The van der Waals surface area contributed by atoms with Crippen molar-refractivity contribution >= 4 is 12.1 Å². The topological polar surface area (TPSA) is 34.1 Å². The third kappa shape index (κ3) is 2.45. The minimum atomic E-state index is 0.203. The van der Waals surface area contributed by atoms with Gasteiger partial charge in [0.05, 0.1) is 0 Å². The molecule has 1 fully saturated rings. The highest BCUT2D eigenvalue weighted by Gasteiger charge is 2.20.